The molecule has 11 nitrogen and oxygen atoms in total. The third-order valence-electron chi connectivity index (χ3n) is 4.89. The fourth-order valence-corrected chi connectivity index (χ4v) is 4.82. The molecule has 4 amide bonds. The summed E-state index contributed by atoms with van der Waals surface area (Å²) in [5.74, 6) is -0.652. The number of hydrogen-bond donors (Lipinski definition) is 4. The van der Waals surface area contributed by atoms with E-state index in [4.69, 9.17) is 16.2 Å². The van der Waals surface area contributed by atoms with Crippen molar-refractivity contribution in [2.75, 3.05) is 24.7 Å². The van der Waals surface area contributed by atoms with E-state index < -0.39 is 34.2 Å². The number of rotatable bonds is 7. The van der Waals surface area contributed by atoms with E-state index >= 15 is 0 Å². The van der Waals surface area contributed by atoms with E-state index in [0.29, 0.717) is 29.8 Å². The molecule has 1 fully saturated rings. The number of sulfonamides is 1. The third-order valence-corrected chi connectivity index (χ3v) is 6.72. The Morgan fingerprint density at radius 3 is 2.67 bits per heavy atom. The molecular formula is C20H25N5O6S2. The Morgan fingerprint density at radius 2 is 2.00 bits per heavy atom. The molecule has 1 aromatic heterocycles. The van der Waals surface area contributed by atoms with Gasteiger partial charge in [-0.2, -0.15) is 0 Å². The molecule has 33 heavy (non-hydrogen) atoms. The minimum absolute atomic E-state index is 0.109. The summed E-state index contributed by atoms with van der Waals surface area (Å²) in [6.45, 7) is 0.816. The summed E-state index contributed by atoms with van der Waals surface area (Å²) >= 11 is 1.10. The van der Waals surface area contributed by atoms with Crippen molar-refractivity contribution in [1.29, 1.82) is 0 Å². The number of nitrogens with one attached hydrogen (secondary N) is 2. The molecule has 13 heteroatoms. The number of hydrogen-bond acceptors (Lipinski definition) is 7. The van der Waals surface area contributed by atoms with Crippen LogP contribution in [0.4, 0.5) is 15.3 Å². The van der Waals surface area contributed by atoms with Crippen LogP contribution in [0.2, 0.25) is 0 Å². The number of nitrogens with two attached hydrogens (primary N) is 2. The van der Waals surface area contributed by atoms with Crippen LogP contribution in [0.1, 0.15) is 28.1 Å². The van der Waals surface area contributed by atoms with Crippen LogP contribution < -0.4 is 21.5 Å². The lowest BCUT2D eigenvalue weighted by molar-refractivity contribution is 0.0134. The number of urea groups is 2. The molecule has 0 radical (unpaired) electrons. The van der Waals surface area contributed by atoms with Gasteiger partial charge in [-0.25, -0.2) is 27.5 Å². The monoisotopic (exact) mass is 495 g/mol. The Kier molecular flexibility index (Phi) is 7.56. The zero-order chi connectivity index (χ0) is 24.2. The highest BCUT2D eigenvalue weighted by Crippen LogP contribution is 2.36. The lowest BCUT2D eigenvalue weighted by Crippen LogP contribution is -2.46. The fraction of sp³-hybridized carbons (Fsp3) is 0.350. The molecule has 0 saturated carbocycles. The van der Waals surface area contributed by atoms with Crippen molar-refractivity contribution in [3.05, 3.63) is 40.8 Å². The van der Waals surface area contributed by atoms with Gasteiger partial charge in [-0.05, 0) is 36.1 Å². The number of thiophene rings is 1. The summed E-state index contributed by atoms with van der Waals surface area (Å²) in [5.41, 5.74) is 12.2. The molecule has 1 aliphatic heterocycles. The number of nitrogens with zero attached hydrogens (tertiary/aromatic N) is 1. The fourth-order valence-electron chi connectivity index (χ4n) is 3.40. The lowest BCUT2D eigenvalue weighted by atomic mass is 10.1. The summed E-state index contributed by atoms with van der Waals surface area (Å²) in [7, 11) is -3.35. The van der Waals surface area contributed by atoms with Crippen LogP contribution in [0.3, 0.4) is 0 Å². The van der Waals surface area contributed by atoms with Crippen molar-refractivity contribution in [3.8, 4) is 10.4 Å². The van der Waals surface area contributed by atoms with Crippen LogP contribution >= 0.6 is 11.3 Å². The van der Waals surface area contributed by atoms with Gasteiger partial charge in [0.25, 0.3) is 0 Å². The Labute approximate surface area is 195 Å². The molecular weight excluding hydrogens is 470 g/mol. The van der Waals surface area contributed by atoms with E-state index in [2.05, 4.69) is 10.0 Å². The molecule has 2 aromatic rings. The number of esters is 1. The van der Waals surface area contributed by atoms with Crippen molar-refractivity contribution in [1.82, 2.24) is 9.62 Å². The van der Waals surface area contributed by atoms with Crippen molar-refractivity contribution >= 4 is 45.1 Å². The molecule has 1 aromatic carbocycles. The first-order valence-corrected chi connectivity index (χ1v) is 12.7. The molecule has 178 valence electrons. The number of likely N-dealkylation sites (tertiary alicyclic amines) is 1. The summed E-state index contributed by atoms with van der Waals surface area (Å²) in [4.78, 5) is 38.0. The molecule has 6 N–H and O–H groups in total. The van der Waals surface area contributed by atoms with E-state index in [1.54, 1.807) is 30.3 Å². The van der Waals surface area contributed by atoms with Gasteiger partial charge in [0, 0.05) is 18.0 Å². The van der Waals surface area contributed by atoms with Crippen molar-refractivity contribution in [2.24, 2.45) is 11.5 Å². The minimum atomic E-state index is -3.35. The lowest BCUT2D eigenvalue weighted by Gasteiger charge is -2.31. The molecule has 0 aliphatic carbocycles. The van der Waals surface area contributed by atoms with Crippen LogP contribution in [0.25, 0.3) is 10.4 Å². The second-order valence-electron chi connectivity index (χ2n) is 7.59. The van der Waals surface area contributed by atoms with Gasteiger partial charge in [-0.3, -0.25) is 0 Å². The summed E-state index contributed by atoms with van der Waals surface area (Å²) in [5, 5.41) is 2.44. The predicted octanol–water partition coefficient (Wildman–Crippen LogP) is 1.65. The quantitative estimate of drug-likeness (QED) is 0.425. The van der Waals surface area contributed by atoms with E-state index in [1.165, 1.54) is 4.90 Å². The van der Waals surface area contributed by atoms with Gasteiger partial charge < -0.3 is 26.4 Å². The highest BCUT2D eigenvalue weighted by Gasteiger charge is 2.28. The van der Waals surface area contributed by atoms with E-state index in [9.17, 15) is 22.8 Å². The molecule has 1 atom stereocenters. The Hall–Kier alpha value is -3.16. The maximum atomic E-state index is 12.9. The van der Waals surface area contributed by atoms with E-state index in [-0.39, 0.29) is 23.7 Å². The smallest absolute Gasteiger partial charge is 0.350 e. The minimum Gasteiger partial charge on any atom is -0.456 e. The Balaban J connectivity index is 1.83. The van der Waals surface area contributed by atoms with Crippen LogP contribution in [-0.2, 0) is 21.3 Å². The molecule has 2 heterocycles. The molecule has 0 bridgehead atoms. The van der Waals surface area contributed by atoms with Gasteiger partial charge in [0.2, 0.25) is 10.0 Å². The number of anilines is 1. The topological polar surface area (TPSA) is 174 Å². The highest BCUT2D eigenvalue weighted by molar-refractivity contribution is 7.88. The van der Waals surface area contributed by atoms with Gasteiger partial charge in [-0.1, -0.05) is 18.2 Å². The van der Waals surface area contributed by atoms with Crippen LogP contribution in [0.5, 0.6) is 0 Å². The maximum absolute atomic E-state index is 12.9. The first kappa shape index (κ1) is 24.5. The zero-order valence-electron chi connectivity index (χ0n) is 17.9. The summed E-state index contributed by atoms with van der Waals surface area (Å²) in [6.07, 6.45) is 1.79. The highest BCUT2D eigenvalue weighted by atomic mass is 32.2. The first-order chi connectivity index (χ1) is 15.5. The van der Waals surface area contributed by atoms with Crippen LogP contribution in [0, 0.1) is 0 Å². The van der Waals surface area contributed by atoms with Gasteiger partial charge in [-0.15, -0.1) is 11.3 Å². The van der Waals surface area contributed by atoms with E-state index in [1.807, 2.05) is 0 Å². The number of carbonyl (C=O) groups excluding carboxylic acids is 3. The number of amides is 4. The van der Waals surface area contributed by atoms with Crippen LogP contribution in [-0.4, -0.2) is 56.8 Å². The maximum Gasteiger partial charge on any atom is 0.350 e. The predicted molar refractivity (Wildman–Crippen MR) is 124 cm³/mol. The summed E-state index contributed by atoms with van der Waals surface area (Å²) in [6, 6.07) is 7.29. The van der Waals surface area contributed by atoms with Gasteiger partial charge in [0.1, 0.15) is 11.0 Å². The number of piperidine rings is 1. The average molecular weight is 496 g/mol. The van der Waals surface area contributed by atoms with Crippen molar-refractivity contribution < 1.29 is 27.5 Å². The standard InChI is InChI=1S/C20H25N5O6S2/c1-33(29,30)23-10-12-4-2-5-13(8-12)16-9-15(24-19(21)27)17(32-16)18(26)31-14-6-3-7-25(11-14)20(22)28/h2,4-5,8-9,14,23H,3,6-7,10-11H2,1H3,(H2,22,28)(H3,21,24,27). The Morgan fingerprint density at radius 1 is 1.24 bits per heavy atom. The van der Waals surface area contributed by atoms with Gasteiger partial charge >= 0.3 is 18.0 Å². The number of primary amides is 2. The first-order valence-electron chi connectivity index (χ1n) is 10.0. The van der Waals surface area contributed by atoms with Crippen molar-refractivity contribution in [2.45, 2.75) is 25.5 Å². The third kappa shape index (κ3) is 6.91. The second kappa shape index (κ2) is 10.2. The van der Waals surface area contributed by atoms with Gasteiger partial charge in [0.15, 0.2) is 0 Å². The summed E-state index contributed by atoms with van der Waals surface area (Å²) < 4.78 is 30.7. The van der Waals surface area contributed by atoms with E-state index in [0.717, 1.165) is 23.2 Å². The zero-order valence-corrected chi connectivity index (χ0v) is 19.5. The largest absolute Gasteiger partial charge is 0.456 e. The number of carbonyl (C=O) groups is 3. The normalized spacial score (nSPS) is 16.3. The number of ether oxygens (including phenoxy) is 1. The van der Waals surface area contributed by atoms with Gasteiger partial charge in [0.05, 0.1) is 18.5 Å². The SMILES string of the molecule is CS(=O)(=O)NCc1cccc(-c2cc(NC(N)=O)c(C(=O)OC3CCCN(C(N)=O)C3)s2)c1. The van der Waals surface area contributed by atoms with Crippen molar-refractivity contribution in [3.63, 3.8) is 0 Å². The molecule has 1 unspecified atom stereocenters. The number of benzene rings is 1. The van der Waals surface area contributed by atoms with Crippen LogP contribution in [0.15, 0.2) is 30.3 Å². The second-order valence-corrected chi connectivity index (χ2v) is 10.5. The molecule has 1 aliphatic rings. The Bertz CT molecular complexity index is 1160. The molecule has 1 saturated heterocycles. The molecule has 3 rings (SSSR count). The molecule has 0 spiro atoms. The average Bonchev–Trinajstić information content (AvgIpc) is 3.15.